The smallest absolute Gasteiger partial charge is 0.220 e. The van der Waals surface area contributed by atoms with Crippen molar-refractivity contribution in [3.05, 3.63) is 0 Å². The Hall–Kier alpha value is -0.610. The molecule has 0 spiro atoms. The van der Waals surface area contributed by atoms with E-state index in [0.29, 0.717) is 24.6 Å². The van der Waals surface area contributed by atoms with Crippen LogP contribution in [0, 0.1) is 5.41 Å². The molecule has 4 nitrogen and oxygen atoms in total. The second-order valence-corrected chi connectivity index (χ2v) is 6.97. The van der Waals surface area contributed by atoms with Crippen molar-refractivity contribution in [1.29, 1.82) is 0 Å². The number of carbonyl (C=O) groups excluding carboxylic acids is 1. The van der Waals surface area contributed by atoms with Crippen LogP contribution in [0.4, 0.5) is 0 Å². The lowest BCUT2D eigenvalue weighted by atomic mass is 9.77. The maximum absolute atomic E-state index is 11.6. The van der Waals surface area contributed by atoms with E-state index in [0.717, 1.165) is 25.9 Å². The average Bonchev–Trinajstić information content (AvgIpc) is 2.27. The largest absolute Gasteiger partial charge is 0.378 e. The van der Waals surface area contributed by atoms with Crippen LogP contribution in [0.15, 0.2) is 0 Å². The molecule has 19 heavy (non-hydrogen) atoms. The van der Waals surface area contributed by atoms with E-state index in [9.17, 15) is 4.79 Å². The molecule has 1 heterocycles. The van der Waals surface area contributed by atoms with E-state index >= 15 is 0 Å². The highest BCUT2D eigenvalue weighted by Gasteiger charge is 2.39. The zero-order chi connectivity index (χ0) is 14.0. The van der Waals surface area contributed by atoms with Gasteiger partial charge in [0.15, 0.2) is 0 Å². The third-order valence-electron chi connectivity index (χ3n) is 4.28. The van der Waals surface area contributed by atoms with Crippen molar-refractivity contribution in [1.82, 2.24) is 10.6 Å². The van der Waals surface area contributed by atoms with Gasteiger partial charge in [-0.25, -0.2) is 0 Å². The molecule has 1 saturated carbocycles. The molecule has 1 aliphatic carbocycles. The summed E-state index contributed by atoms with van der Waals surface area (Å²) in [4.78, 5) is 11.6. The Labute approximate surface area is 116 Å². The summed E-state index contributed by atoms with van der Waals surface area (Å²) < 4.78 is 5.60. The zero-order valence-electron chi connectivity index (χ0n) is 12.7. The van der Waals surface area contributed by atoms with E-state index in [1.165, 1.54) is 0 Å². The van der Waals surface area contributed by atoms with Gasteiger partial charge in [0.1, 0.15) is 0 Å². The summed E-state index contributed by atoms with van der Waals surface area (Å²) in [5.41, 5.74) is 0.0941. The van der Waals surface area contributed by atoms with Crippen molar-refractivity contribution < 1.29 is 9.53 Å². The molecule has 2 fully saturated rings. The predicted molar refractivity (Wildman–Crippen MR) is 76.0 cm³/mol. The molecule has 2 atom stereocenters. The van der Waals surface area contributed by atoms with Crippen molar-refractivity contribution in [3.63, 3.8) is 0 Å². The third-order valence-corrected chi connectivity index (χ3v) is 4.28. The first-order valence-electron chi connectivity index (χ1n) is 7.57. The minimum atomic E-state index is 0.0941. The second kappa shape index (κ2) is 5.80. The SMILES string of the molecule is CCOC1CC(N[C@@H]2CCC(=O)N[C@H]2C(C)(C)C)C1. The molecule has 2 rings (SSSR count). The first-order chi connectivity index (χ1) is 8.90. The van der Waals surface area contributed by atoms with Gasteiger partial charge in [-0.1, -0.05) is 20.8 Å². The van der Waals surface area contributed by atoms with E-state index < -0.39 is 0 Å². The number of ether oxygens (including phenoxy) is 1. The van der Waals surface area contributed by atoms with Gasteiger partial charge >= 0.3 is 0 Å². The monoisotopic (exact) mass is 268 g/mol. The van der Waals surface area contributed by atoms with Crippen molar-refractivity contribution in [2.75, 3.05) is 6.61 Å². The number of hydrogen-bond donors (Lipinski definition) is 2. The molecule has 0 unspecified atom stereocenters. The lowest BCUT2D eigenvalue weighted by Gasteiger charge is -2.45. The lowest BCUT2D eigenvalue weighted by Crippen LogP contribution is -2.63. The summed E-state index contributed by atoms with van der Waals surface area (Å²) in [6.45, 7) is 9.44. The van der Waals surface area contributed by atoms with Crippen LogP contribution >= 0.6 is 0 Å². The molecule has 0 aromatic carbocycles. The molecule has 2 N–H and O–H groups in total. The van der Waals surface area contributed by atoms with Crippen LogP contribution in [0.1, 0.15) is 53.4 Å². The van der Waals surface area contributed by atoms with Gasteiger partial charge in [-0.05, 0) is 31.6 Å². The highest BCUT2D eigenvalue weighted by molar-refractivity contribution is 5.77. The quantitative estimate of drug-likeness (QED) is 0.818. The van der Waals surface area contributed by atoms with Crippen LogP contribution in [0.5, 0.6) is 0 Å². The zero-order valence-corrected chi connectivity index (χ0v) is 12.7. The second-order valence-electron chi connectivity index (χ2n) is 6.97. The molecule has 0 aromatic rings. The Balaban J connectivity index is 1.86. The Kier molecular flexibility index (Phi) is 4.51. The maximum Gasteiger partial charge on any atom is 0.220 e. The molecular weight excluding hydrogens is 240 g/mol. The average molecular weight is 268 g/mol. The van der Waals surface area contributed by atoms with Crippen molar-refractivity contribution in [2.24, 2.45) is 5.41 Å². The minimum absolute atomic E-state index is 0.0941. The molecule has 1 aliphatic heterocycles. The molecule has 0 radical (unpaired) electrons. The first-order valence-corrected chi connectivity index (χ1v) is 7.57. The molecule has 1 saturated heterocycles. The number of nitrogens with one attached hydrogen (secondary N) is 2. The van der Waals surface area contributed by atoms with Gasteiger partial charge in [-0.15, -0.1) is 0 Å². The molecule has 110 valence electrons. The fourth-order valence-corrected chi connectivity index (χ4v) is 3.18. The number of amides is 1. The first kappa shape index (κ1) is 14.8. The van der Waals surface area contributed by atoms with Gasteiger partial charge in [0.2, 0.25) is 5.91 Å². The van der Waals surface area contributed by atoms with Gasteiger partial charge < -0.3 is 15.4 Å². The molecule has 0 aromatic heterocycles. The van der Waals surface area contributed by atoms with Crippen LogP contribution < -0.4 is 10.6 Å². The van der Waals surface area contributed by atoms with E-state index in [1.54, 1.807) is 0 Å². The van der Waals surface area contributed by atoms with Gasteiger partial charge in [0.25, 0.3) is 0 Å². The maximum atomic E-state index is 11.6. The summed E-state index contributed by atoms with van der Waals surface area (Å²) in [6.07, 6.45) is 4.24. The van der Waals surface area contributed by atoms with E-state index in [2.05, 4.69) is 31.4 Å². The van der Waals surface area contributed by atoms with Crippen LogP contribution in [-0.4, -0.2) is 36.7 Å². The molecule has 2 aliphatic rings. The van der Waals surface area contributed by atoms with Crippen molar-refractivity contribution >= 4 is 5.91 Å². The number of piperidine rings is 1. The number of hydrogen-bond acceptors (Lipinski definition) is 3. The highest BCUT2D eigenvalue weighted by Crippen LogP contribution is 2.30. The summed E-state index contributed by atoms with van der Waals surface area (Å²) in [5.74, 6) is 0.193. The summed E-state index contributed by atoms with van der Waals surface area (Å²) in [7, 11) is 0. The molecule has 1 amide bonds. The summed E-state index contributed by atoms with van der Waals surface area (Å²) >= 11 is 0. The fraction of sp³-hybridized carbons (Fsp3) is 0.933. The molecular formula is C15H28N2O2. The molecule has 4 heteroatoms. The highest BCUT2D eigenvalue weighted by atomic mass is 16.5. The van der Waals surface area contributed by atoms with Crippen LogP contribution in [0.3, 0.4) is 0 Å². The Bertz CT molecular complexity index is 319. The Morgan fingerprint density at radius 1 is 1.37 bits per heavy atom. The minimum Gasteiger partial charge on any atom is -0.378 e. The van der Waals surface area contributed by atoms with Gasteiger partial charge in [-0.3, -0.25) is 4.79 Å². The van der Waals surface area contributed by atoms with Gasteiger partial charge in [-0.2, -0.15) is 0 Å². The van der Waals surface area contributed by atoms with Crippen molar-refractivity contribution in [2.45, 2.75) is 77.6 Å². The Morgan fingerprint density at radius 2 is 2.05 bits per heavy atom. The van der Waals surface area contributed by atoms with Crippen LogP contribution in [0.25, 0.3) is 0 Å². The fourth-order valence-electron chi connectivity index (χ4n) is 3.18. The van der Waals surface area contributed by atoms with Crippen LogP contribution in [0.2, 0.25) is 0 Å². The predicted octanol–water partition coefficient (Wildman–Crippen LogP) is 1.84. The van der Waals surface area contributed by atoms with Gasteiger partial charge in [0, 0.05) is 31.2 Å². The molecule has 0 bridgehead atoms. The number of rotatable bonds is 4. The third kappa shape index (κ3) is 3.69. The lowest BCUT2D eigenvalue weighted by molar-refractivity contribution is -0.125. The normalized spacial score (nSPS) is 35.7. The summed E-state index contributed by atoms with van der Waals surface area (Å²) in [5, 5.41) is 6.89. The summed E-state index contributed by atoms with van der Waals surface area (Å²) in [6, 6.07) is 1.17. The van der Waals surface area contributed by atoms with Crippen molar-refractivity contribution in [3.8, 4) is 0 Å². The van der Waals surface area contributed by atoms with E-state index in [1.807, 2.05) is 6.92 Å². The van der Waals surface area contributed by atoms with E-state index in [-0.39, 0.29) is 17.4 Å². The van der Waals surface area contributed by atoms with Crippen LogP contribution in [-0.2, 0) is 9.53 Å². The standard InChI is InChI=1S/C15H28N2O2/c1-5-19-11-8-10(9-11)16-12-6-7-13(18)17-14(12)15(2,3)4/h10-12,14,16H,5-9H2,1-4H3,(H,17,18)/t10?,11?,12-,14-/m1/s1. The van der Waals surface area contributed by atoms with Gasteiger partial charge in [0.05, 0.1) is 6.10 Å². The number of carbonyl (C=O) groups is 1. The topological polar surface area (TPSA) is 50.4 Å². The Morgan fingerprint density at radius 3 is 2.63 bits per heavy atom. The van der Waals surface area contributed by atoms with E-state index in [4.69, 9.17) is 4.74 Å².